The summed E-state index contributed by atoms with van der Waals surface area (Å²) in [4.78, 5) is 8.44. The van der Waals surface area contributed by atoms with Crippen LogP contribution in [0.2, 0.25) is 0 Å². The maximum Gasteiger partial charge on any atom is 3.00 e. The summed E-state index contributed by atoms with van der Waals surface area (Å²) in [5, 5.41) is 15.3. The van der Waals surface area contributed by atoms with Crippen LogP contribution in [0.15, 0.2) is 0 Å². The van der Waals surface area contributed by atoms with Gasteiger partial charge in [-0.05, 0) is 0 Å². The van der Waals surface area contributed by atoms with Gasteiger partial charge in [-0.2, -0.15) is 0 Å². The van der Waals surface area contributed by atoms with Gasteiger partial charge < -0.3 is 20.5 Å². The van der Waals surface area contributed by atoms with E-state index < -0.39 is 6.16 Å². The number of carboxylic acid groups (broad SMARTS) is 2. The Labute approximate surface area is 53.2 Å². The van der Waals surface area contributed by atoms with Crippen LogP contribution in [0.3, 0.4) is 0 Å². The normalized spacial score (nSPS) is 4.00. The minimum Gasteiger partial charge on any atom is -2.00 e. The Bertz CT molecular complexity index is 30.5. The number of hydrogen-bond acceptors (Lipinski definition) is 2. The fraction of sp³-hybridized carbons (Fsp3) is 0. The van der Waals surface area contributed by atoms with Crippen molar-refractivity contribution in [1.82, 2.24) is 0 Å². The average molecular weight is 286 g/mol. The first-order valence-corrected chi connectivity index (χ1v) is 0.632. The Morgan fingerprint density at radius 3 is 1.67 bits per heavy atom. The maximum atomic E-state index is 8.44. The third-order valence-electron chi connectivity index (χ3n) is 0. The fourth-order valence-electron chi connectivity index (χ4n) is 0. The van der Waals surface area contributed by atoms with E-state index in [-0.39, 0.29) is 31.7 Å². The number of hydrogen-bond donors (Lipinski definition) is 1. The van der Waals surface area contributed by atoms with Crippen LogP contribution >= 0.6 is 0 Å². The first kappa shape index (κ1) is 16.5. The Balaban J connectivity index is -0.0000000450. The van der Waals surface area contributed by atoms with Crippen molar-refractivity contribution in [2.24, 2.45) is 0 Å². The van der Waals surface area contributed by atoms with Crippen molar-refractivity contribution < 1.29 is 20.5 Å². The number of rotatable bonds is 0. The molecular weight excluding hydrogens is 285 g/mol. The molecule has 0 aliphatic carbocycles. The predicted molar refractivity (Wildman–Crippen MR) is 14.5 cm³/mol. The van der Waals surface area contributed by atoms with Crippen molar-refractivity contribution in [1.29, 1.82) is 0 Å². The van der Waals surface area contributed by atoms with Gasteiger partial charge in [-0.25, -0.2) is 0 Å². The van der Waals surface area contributed by atoms with Crippen molar-refractivity contribution in [2.75, 3.05) is 0 Å². The zero-order chi connectivity index (χ0) is 3.58. The summed E-state index contributed by atoms with van der Waals surface area (Å²) in [5.41, 5.74) is 0. The van der Waals surface area contributed by atoms with Crippen LogP contribution in [0.25, 0.3) is 0 Å². The summed E-state index contributed by atoms with van der Waals surface area (Å²) >= 11 is 0. The monoisotopic (exact) mass is 286 g/mol. The quantitative estimate of drug-likeness (QED) is 0.543. The Kier molecular flexibility index (Phi) is 24.5. The van der Waals surface area contributed by atoms with E-state index in [1.807, 2.05) is 0 Å². The molecule has 0 spiro atoms. The number of carbonyl (C=O) groups is 1. The predicted octanol–water partition coefficient (Wildman–Crippen LogP) is -1.61. The summed E-state index contributed by atoms with van der Waals surface area (Å²) in [6, 6.07) is 0. The largest absolute Gasteiger partial charge is 3.00 e. The van der Waals surface area contributed by atoms with Crippen LogP contribution in [-0.2, 0) is 5.48 Å². The van der Waals surface area contributed by atoms with Crippen LogP contribution < -0.4 is 5.11 Å². The molecule has 0 aromatic carbocycles. The topological polar surface area (TPSA) is 88.9 Å². The first-order valence-electron chi connectivity index (χ1n) is 0.632. The van der Waals surface area contributed by atoms with Gasteiger partial charge >= 0.3 is 26.2 Å². The second-order valence-corrected chi connectivity index (χ2v) is 0.266. The van der Waals surface area contributed by atoms with E-state index in [0.29, 0.717) is 0 Å². The Morgan fingerprint density at radius 2 is 1.67 bits per heavy atom. The molecule has 0 aliphatic rings. The van der Waals surface area contributed by atoms with E-state index in [1.165, 1.54) is 0 Å². The van der Waals surface area contributed by atoms with E-state index in [2.05, 4.69) is 0 Å². The minimum absolute atomic E-state index is 0. The minimum atomic E-state index is -2.08. The second-order valence-electron chi connectivity index (χ2n) is 0.266. The molecule has 4 nitrogen and oxygen atoms in total. The van der Waals surface area contributed by atoms with E-state index in [0.717, 1.165) is 0 Å². The molecule has 1 N–H and O–H groups in total. The van der Waals surface area contributed by atoms with E-state index in [1.54, 1.807) is 0 Å². The van der Waals surface area contributed by atoms with E-state index >= 15 is 0 Å². The fourth-order valence-corrected chi connectivity index (χ4v) is 0. The van der Waals surface area contributed by atoms with Gasteiger partial charge in [0.15, 0.2) is 0 Å². The SMILES string of the molecule is O=C([O-])O.[Bi+3].[O-2]. The molecule has 0 atom stereocenters. The molecular formula is CHBiO4. The van der Waals surface area contributed by atoms with Crippen LogP contribution in [0, 0.1) is 0 Å². The molecule has 0 saturated carbocycles. The molecule has 0 aliphatic heterocycles. The van der Waals surface area contributed by atoms with Gasteiger partial charge in [0.05, 0.1) is 0 Å². The summed E-state index contributed by atoms with van der Waals surface area (Å²) in [7, 11) is 0. The molecule has 0 fully saturated rings. The summed E-state index contributed by atoms with van der Waals surface area (Å²) in [6.45, 7) is 0. The van der Waals surface area contributed by atoms with Gasteiger partial charge in [-0.3, -0.25) is 0 Å². The van der Waals surface area contributed by atoms with E-state index in [4.69, 9.17) is 15.0 Å². The first-order chi connectivity index (χ1) is 1.73. The van der Waals surface area contributed by atoms with Crippen molar-refractivity contribution in [3.63, 3.8) is 0 Å². The molecule has 2 radical (unpaired) electrons. The molecule has 0 aromatic rings. The maximum absolute atomic E-state index is 8.44. The van der Waals surface area contributed by atoms with Crippen molar-refractivity contribution in [3.8, 4) is 0 Å². The second kappa shape index (κ2) is 8.93. The Morgan fingerprint density at radius 1 is 1.67 bits per heavy atom. The van der Waals surface area contributed by atoms with Crippen LogP contribution in [0.4, 0.5) is 4.79 Å². The third kappa shape index (κ3) is 3120. The van der Waals surface area contributed by atoms with Crippen molar-refractivity contribution in [2.45, 2.75) is 0 Å². The van der Waals surface area contributed by atoms with Gasteiger partial charge in [0.1, 0.15) is 0 Å². The van der Waals surface area contributed by atoms with E-state index in [9.17, 15) is 0 Å². The molecule has 0 unspecified atom stereocenters. The average Bonchev–Trinajstić information content (AvgIpc) is 0.811. The van der Waals surface area contributed by atoms with Gasteiger partial charge in [0.2, 0.25) is 6.16 Å². The molecule has 0 bridgehead atoms. The van der Waals surface area contributed by atoms with Gasteiger partial charge in [-0.15, -0.1) is 0 Å². The van der Waals surface area contributed by atoms with Gasteiger partial charge in [0, 0.05) is 0 Å². The molecule has 5 heteroatoms. The summed E-state index contributed by atoms with van der Waals surface area (Å²) < 4.78 is 0. The van der Waals surface area contributed by atoms with Gasteiger partial charge in [0.25, 0.3) is 0 Å². The molecule has 0 aromatic heterocycles. The standard InChI is InChI=1S/CH2O3.Bi.O/c2-1(3)4;;/h(H2,2,3,4);;/q;+3;-2/p-1. The molecule has 0 rings (SSSR count). The van der Waals surface area contributed by atoms with Crippen molar-refractivity contribution in [3.05, 3.63) is 0 Å². The van der Waals surface area contributed by atoms with Gasteiger partial charge in [-0.1, -0.05) is 0 Å². The summed E-state index contributed by atoms with van der Waals surface area (Å²) in [5.74, 6) is 0. The van der Waals surface area contributed by atoms with Crippen LogP contribution in [0.5, 0.6) is 0 Å². The zero-order valence-corrected chi connectivity index (χ0v) is 6.10. The summed E-state index contributed by atoms with van der Waals surface area (Å²) in [6.07, 6.45) is -2.08. The molecule has 34 valence electrons. The Hall–Kier alpha value is 0.113. The third-order valence-corrected chi connectivity index (χ3v) is 0. The molecule has 0 amide bonds. The van der Waals surface area contributed by atoms with Crippen LogP contribution in [-0.4, -0.2) is 37.5 Å². The molecule has 0 heterocycles. The smallest absolute Gasteiger partial charge is 2.00 e. The van der Waals surface area contributed by atoms with Crippen LogP contribution in [0.1, 0.15) is 0 Å². The van der Waals surface area contributed by atoms with Crippen molar-refractivity contribution >= 4 is 32.4 Å². The zero-order valence-electron chi connectivity index (χ0n) is 2.62. The molecule has 0 saturated heterocycles. The molecule has 6 heavy (non-hydrogen) atoms.